The number of nitrogens with one attached hydrogen (secondary N) is 1. The molecule has 2 aromatic rings. The average molecular weight is 266 g/mol. The number of furan rings is 1. The van der Waals surface area contributed by atoms with Crippen LogP contribution in [-0.2, 0) is 6.54 Å². The molecule has 18 heavy (non-hydrogen) atoms. The van der Waals surface area contributed by atoms with Gasteiger partial charge >= 0.3 is 0 Å². The van der Waals surface area contributed by atoms with Crippen LogP contribution in [0.2, 0.25) is 5.15 Å². The van der Waals surface area contributed by atoms with Gasteiger partial charge in [-0.2, -0.15) is 0 Å². The zero-order valence-electron chi connectivity index (χ0n) is 10.7. The molecule has 4 nitrogen and oxygen atoms in total. The van der Waals surface area contributed by atoms with Crippen molar-refractivity contribution in [3.05, 3.63) is 40.7 Å². The van der Waals surface area contributed by atoms with Gasteiger partial charge in [-0.05, 0) is 13.0 Å². The molecule has 1 N–H and O–H groups in total. The first kappa shape index (κ1) is 12.9. The van der Waals surface area contributed by atoms with Crippen LogP contribution in [0.15, 0.2) is 23.0 Å². The number of hydrogen-bond acceptors (Lipinski definition) is 4. The third kappa shape index (κ3) is 2.82. The van der Waals surface area contributed by atoms with Crippen LogP contribution in [-0.4, -0.2) is 9.97 Å². The monoisotopic (exact) mass is 265 g/mol. The molecule has 0 spiro atoms. The molecular weight excluding hydrogens is 250 g/mol. The highest BCUT2D eigenvalue weighted by molar-refractivity contribution is 6.30. The molecule has 0 saturated heterocycles. The quantitative estimate of drug-likeness (QED) is 0.855. The van der Waals surface area contributed by atoms with Crippen molar-refractivity contribution in [3.63, 3.8) is 0 Å². The smallest absolute Gasteiger partial charge is 0.137 e. The summed E-state index contributed by atoms with van der Waals surface area (Å²) in [6.07, 6.45) is 3.35. The minimum absolute atomic E-state index is 0.248. The van der Waals surface area contributed by atoms with Gasteiger partial charge in [-0.25, -0.2) is 9.97 Å². The third-order valence-electron chi connectivity index (χ3n) is 2.66. The molecule has 2 rings (SSSR count). The molecule has 2 aromatic heterocycles. The fourth-order valence-corrected chi connectivity index (χ4v) is 1.69. The summed E-state index contributed by atoms with van der Waals surface area (Å²) >= 11 is 6.11. The largest absolute Gasteiger partial charge is 0.472 e. The van der Waals surface area contributed by atoms with E-state index < -0.39 is 0 Å². The van der Waals surface area contributed by atoms with Crippen molar-refractivity contribution in [2.24, 2.45) is 0 Å². The Labute approximate surface area is 111 Å². The van der Waals surface area contributed by atoms with Crippen LogP contribution in [0.4, 0.5) is 5.82 Å². The first-order valence-corrected chi connectivity index (χ1v) is 6.24. The van der Waals surface area contributed by atoms with Gasteiger partial charge in [0.2, 0.25) is 0 Å². The van der Waals surface area contributed by atoms with Crippen LogP contribution in [0.25, 0.3) is 0 Å². The molecule has 0 radical (unpaired) electrons. The summed E-state index contributed by atoms with van der Waals surface area (Å²) in [6.45, 7) is 6.65. The van der Waals surface area contributed by atoms with Crippen LogP contribution in [0.1, 0.15) is 36.7 Å². The van der Waals surface area contributed by atoms with Crippen molar-refractivity contribution in [2.75, 3.05) is 5.32 Å². The van der Waals surface area contributed by atoms with E-state index in [2.05, 4.69) is 15.3 Å². The summed E-state index contributed by atoms with van der Waals surface area (Å²) in [5.74, 6) is 1.78. The van der Waals surface area contributed by atoms with Crippen LogP contribution < -0.4 is 5.32 Å². The molecule has 0 aromatic carbocycles. The van der Waals surface area contributed by atoms with E-state index in [9.17, 15) is 0 Å². The predicted molar refractivity (Wildman–Crippen MR) is 71.9 cm³/mol. The van der Waals surface area contributed by atoms with Crippen molar-refractivity contribution in [2.45, 2.75) is 33.2 Å². The fourth-order valence-electron chi connectivity index (χ4n) is 1.51. The number of rotatable bonds is 4. The molecule has 0 aliphatic carbocycles. The summed E-state index contributed by atoms with van der Waals surface area (Å²) in [4.78, 5) is 8.77. The highest BCUT2D eigenvalue weighted by Crippen LogP contribution is 2.23. The average Bonchev–Trinajstić information content (AvgIpc) is 2.83. The maximum Gasteiger partial charge on any atom is 0.137 e. The van der Waals surface area contributed by atoms with Gasteiger partial charge in [0.1, 0.15) is 16.8 Å². The predicted octanol–water partition coefficient (Wildman–Crippen LogP) is 3.77. The topological polar surface area (TPSA) is 51.0 Å². The van der Waals surface area contributed by atoms with E-state index in [0.29, 0.717) is 11.7 Å². The lowest BCUT2D eigenvalue weighted by Gasteiger charge is -2.12. The van der Waals surface area contributed by atoms with Gasteiger partial charge in [0.15, 0.2) is 0 Å². The number of nitrogens with zero attached hydrogens (tertiary/aromatic N) is 2. The molecule has 0 atom stereocenters. The van der Waals surface area contributed by atoms with Gasteiger partial charge in [0.25, 0.3) is 0 Å². The molecule has 0 bridgehead atoms. The van der Waals surface area contributed by atoms with Crippen molar-refractivity contribution in [3.8, 4) is 0 Å². The van der Waals surface area contributed by atoms with Crippen molar-refractivity contribution >= 4 is 17.4 Å². The summed E-state index contributed by atoms with van der Waals surface area (Å²) in [6, 6.07) is 1.91. The maximum atomic E-state index is 6.11. The Balaban J connectivity index is 2.20. The van der Waals surface area contributed by atoms with E-state index in [1.54, 1.807) is 12.5 Å². The lowest BCUT2D eigenvalue weighted by molar-refractivity contribution is 0.564. The summed E-state index contributed by atoms with van der Waals surface area (Å²) in [7, 11) is 0. The van der Waals surface area contributed by atoms with Crippen molar-refractivity contribution < 1.29 is 4.42 Å². The first-order valence-electron chi connectivity index (χ1n) is 5.87. The fraction of sp³-hybridized carbons (Fsp3) is 0.385. The van der Waals surface area contributed by atoms with Crippen molar-refractivity contribution in [1.29, 1.82) is 0 Å². The molecule has 2 heterocycles. The Kier molecular flexibility index (Phi) is 3.87. The molecular formula is C13H16ClN3O. The number of hydrogen-bond donors (Lipinski definition) is 1. The Morgan fingerprint density at radius 1 is 1.39 bits per heavy atom. The van der Waals surface area contributed by atoms with E-state index in [4.69, 9.17) is 16.0 Å². The number of aromatic nitrogens is 2. The number of anilines is 1. The second kappa shape index (κ2) is 5.40. The lowest BCUT2D eigenvalue weighted by Crippen LogP contribution is -2.07. The Morgan fingerprint density at radius 2 is 2.17 bits per heavy atom. The Hall–Kier alpha value is -1.55. The summed E-state index contributed by atoms with van der Waals surface area (Å²) < 4.78 is 5.02. The van der Waals surface area contributed by atoms with E-state index >= 15 is 0 Å². The van der Waals surface area contributed by atoms with Gasteiger partial charge in [-0.1, -0.05) is 25.4 Å². The van der Waals surface area contributed by atoms with Gasteiger partial charge in [-0.3, -0.25) is 0 Å². The SMILES string of the molecule is Cc1c(Cl)nc(C(C)C)nc1NCc1ccoc1. The molecule has 0 unspecified atom stereocenters. The minimum Gasteiger partial charge on any atom is -0.472 e. The van der Waals surface area contributed by atoms with Gasteiger partial charge in [0.05, 0.1) is 12.5 Å². The second-order valence-electron chi connectivity index (χ2n) is 4.49. The molecule has 96 valence electrons. The van der Waals surface area contributed by atoms with E-state index in [1.165, 1.54) is 0 Å². The molecule has 0 fully saturated rings. The molecule has 0 saturated carbocycles. The van der Waals surface area contributed by atoms with Gasteiger partial charge in [0, 0.05) is 23.6 Å². The Bertz CT molecular complexity index is 523. The standard InChI is InChI=1S/C13H16ClN3O/c1-8(2)12-16-11(14)9(3)13(17-12)15-6-10-4-5-18-7-10/h4-5,7-8H,6H2,1-3H3,(H,15,16,17). The highest BCUT2D eigenvalue weighted by atomic mass is 35.5. The minimum atomic E-state index is 0.248. The van der Waals surface area contributed by atoms with Gasteiger partial charge < -0.3 is 9.73 Å². The lowest BCUT2D eigenvalue weighted by atomic mass is 10.2. The van der Waals surface area contributed by atoms with Crippen molar-refractivity contribution in [1.82, 2.24) is 9.97 Å². The van der Waals surface area contributed by atoms with Crippen LogP contribution in [0, 0.1) is 6.92 Å². The number of halogens is 1. The zero-order valence-corrected chi connectivity index (χ0v) is 11.5. The van der Waals surface area contributed by atoms with E-state index in [-0.39, 0.29) is 5.92 Å². The highest BCUT2D eigenvalue weighted by Gasteiger charge is 2.11. The zero-order chi connectivity index (χ0) is 13.1. The van der Waals surface area contributed by atoms with Crippen LogP contribution >= 0.6 is 11.6 Å². The van der Waals surface area contributed by atoms with Crippen LogP contribution in [0.3, 0.4) is 0 Å². The Morgan fingerprint density at radius 3 is 2.78 bits per heavy atom. The third-order valence-corrected chi connectivity index (χ3v) is 3.03. The summed E-state index contributed by atoms with van der Waals surface area (Å²) in [5, 5.41) is 3.76. The first-order chi connectivity index (χ1) is 8.58. The molecule has 0 amide bonds. The van der Waals surface area contributed by atoms with E-state index in [1.807, 2.05) is 26.8 Å². The normalized spacial score (nSPS) is 10.9. The molecule has 0 aliphatic rings. The molecule has 5 heteroatoms. The second-order valence-corrected chi connectivity index (χ2v) is 4.84. The molecule has 0 aliphatic heterocycles. The van der Waals surface area contributed by atoms with Crippen LogP contribution in [0.5, 0.6) is 0 Å². The van der Waals surface area contributed by atoms with E-state index in [0.717, 1.165) is 22.8 Å². The summed E-state index contributed by atoms with van der Waals surface area (Å²) in [5.41, 5.74) is 1.93. The van der Waals surface area contributed by atoms with Gasteiger partial charge in [-0.15, -0.1) is 0 Å². The maximum absolute atomic E-state index is 6.11.